The van der Waals surface area contributed by atoms with Crippen molar-refractivity contribution in [2.24, 2.45) is 0 Å². The molecule has 150 valence electrons. The van der Waals surface area contributed by atoms with Crippen LogP contribution in [0.3, 0.4) is 0 Å². The van der Waals surface area contributed by atoms with Crippen LogP contribution in [0.4, 0.5) is 5.69 Å². The average Bonchev–Trinajstić information content (AvgIpc) is 3.01. The molecule has 2 heterocycles. The molecule has 3 aromatic rings. The number of piperidine rings is 1. The molecule has 0 aromatic heterocycles. The number of rotatable bonds is 2. The van der Waals surface area contributed by atoms with Crippen LogP contribution < -0.4 is 10.6 Å². The summed E-state index contributed by atoms with van der Waals surface area (Å²) in [5.41, 5.74) is 2.21. The largest absolute Gasteiger partial charge is 0.348 e. The highest BCUT2D eigenvalue weighted by Gasteiger charge is 2.61. The summed E-state index contributed by atoms with van der Waals surface area (Å²) in [6.45, 7) is 0. The molecule has 0 bridgehead atoms. The Kier molecular flexibility index (Phi) is 4.57. The maximum Gasteiger partial charge on any atom is 0.238 e. The molecule has 0 unspecified atom stereocenters. The van der Waals surface area contributed by atoms with Gasteiger partial charge in [-0.05, 0) is 41.0 Å². The fourth-order valence-electron chi connectivity index (χ4n) is 4.94. The number of hydrogen-bond acceptors (Lipinski definition) is 2. The second-order valence-electron chi connectivity index (χ2n) is 7.74. The number of carbonyl (C=O) groups is 2. The van der Waals surface area contributed by atoms with Gasteiger partial charge in [-0.15, -0.1) is 0 Å². The molecule has 1 spiro atoms. The summed E-state index contributed by atoms with van der Waals surface area (Å²) in [6, 6.07) is 21.9. The zero-order valence-electron chi connectivity index (χ0n) is 15.9. The second-order valence-corrected chi connectivity index (χ2v) is 8.61. The first-order valence-corrected chi connectivity index (χ1v) is 10.5. The maximum atomic E-state index is 13.7. The van der Waals surface area contributed by atoms with E-state index >= 15 is 0 Å². The van der Waals surface area contributed by atoms with Gasteiger partial charge in [0, 0.05) is 28.1 Å². The Bertz CT molecular complexity index is 1160. The molecule has 6 heteroatoms. The van der Waals surface area contributed by atoms with E-state index in [1.165, 1.54) is 0 Å². The summed E-state index contributed by atoms with van der Waals surface area (Å²) in [5, 5.41) is 7.23. The van der Waals surface area contributed by atoms with Gasteiger partial charge in [0.15, 0.2) is 0 Å². The van der Waals surface area contributed by atoms with Crippen LogP contribution in [0, 0.1) is 0 Å². The van der Waals surface area contributed by atoms with Gasteiger partial charge in [0.2, 0.25) is 11.8 Å². The Hall–Kier alpha value is -2.82. The standard InChI is InChI=1S/C24H18Cl2N2O2/c25-16-8-4-7-15(11-16)19-13-21(29)28-22(14-5-2-1-3-6-14)24(19)18-10-9-17(26)12-20(18)27-23(24)30/h1-12,19,22H,13H2,(H,27,30)(H,28,29)/t19-,22+,24-/m0/s1. The summed E-state index contributed by atoms with van der Waals surface area (Å²) in [5.74, 6) is -0.647. The molecule has 30 heavy (non-hydrogen) atoms. The molecule has 5 rings (SSSR count). The van der Waals surface area contributed by atoms with E-state index in [4.69, 9.17) is 23.2 Å². The SMILES string of the molecule is O=C1C[C@@H](c2cccc(Cl)c2)[C@]2(C(=O)Nc3cc(Cl)ccc32)[C@@H](c2ccccc2)N1. The zero-order valence-corrected chi connectivity index (χ0v) is 17.4. The zero-order chi connectivity index (χ0) is 20.9. The van der Waals surface area contributed by atoms with Gasteiger partial charge < -0.3 is 10.6 Å². The lowest BCUT2D eigenvalue weighted by atomic mass is 9.59. The van der Waals surface area contributed by atoms with E-state index in [2.05, 4.69) is 10.6 Å². The predicted molar refractivity (Wildman–Crippen MR) is 118 cm³/mol. The minimum atomic E-state index is -1.03. The van der Waals surface area contributed by atoms with Crippen molar-refractivity contribution in [3.63, 3.8) is 0 Å². The first kappa shape index (κ1) is 19.2. The molecule has 0 radical (unpaired) electrons. The van der Waals surface area contributed by atoms with Gasteiger partial charge in [0.1, 0.15) is 5.41 Å². The van der Waals surface area contributed by atoms with Crippen LogP contribution >= 0.6 is 23.2 Å². The molecule has 3 aromatic carbocycles. The highest BCUT2D eigenvalue weighted by atomic mass is 35.5. The lowest BCUT2D eigenvalue weighted by Crippen LogP contribution is -2.56. The van der Waals surface area contributed by atoms with Crippen LogP contribution in [0.5, 0.6) is 0 Å². The van der Waals surface area contributed by atoms with Crippen LogP contribution in [0.15, 0.2) is 72.8 Å². The van der Waals surface area contributed by atoms with Gasteiger partial charge >= 0.3 is 0 Å². The molecule has 1 saturated heterocycles. The molecule has 1 fully saturated rings. The topological polar surface area (TPSA) is 58.2 Å². The van der Waals surface area contributed by atoms with Crippen LogP contribution in [0.1, 0.15) is 35.1 Å². The number of halogens is 2. The average molecular weight is 437 g/mol. The molecule has 2 aliphatic rings. The Morgan fingerprint density at radius 3 is 2.33 bits per heavy atom. The van der Waals surface area contributed by atoms with Crippen LogP contribution in [0.2, 0.25) is 10.0 Å². The van der Waals surface area contributed by atoms with E-state index in [1.807, 2.05) is 54.6 Å². The van der Waals surface area contributed by atoms with Gasteiger partial charge in [-0.25, -0.2) is 0 Å². The molecule has 3 atom stereocenters. The van der Waals surface area contributed by atoms with Crippen molar-refractivity contribution in [1.29, 1.82) is 0 Å². The molecule has 0 aliphatic carbocycles. The predicted octanol–water partition coefficient (Wildman–Crippen LogP) is 5.23. The third-order valence-electron chi connectivity index (χ3n) is 6.13. The highest BCUT2D eigenvalue weighted by molar-refractivity contribution is 6.31. The summed E-state index contributed by atoms with van der Waals surface area (Å²) in [7, 11) is 0. The van der Waals surface area contributed by atoms with Crippen LogP contribution in [0.25, 0.3) is 0 Å². The van der Waals surface area contributed by atoms with Gasteiger partial charge in [-0.2, -0.15) is 0 Å². The maximum absolute atomic E-state index is 13.7. The monoisotopic (exact) mass is 436 g/mol. The number of fused-ring (bicyclic) bond motifs is 2. The van der Waals surface area contributed by atoms with E-state index in [9.17, 15) is 9.59 Å². The number of nitrogens with one attached hydrogen (secondary N) is 2. The van der Waals surface area contributed by atoms with Gasteiger partial charge in [0.25, 0.3) is 0 Å². The number of anilines is 1. The Morgan fingerprint density at radius 2 is 1.57 bits per heavy atom. The number of hydrogen-bond donors (Lipinski definition) is 2. The summed E-state index contributed by atoms with van der Waals surface area (Å²) in [4.78, 5) is 26.6. The van der Waals surface area contributed by atoms with Crippen LogP contribution in [-0.4, -0.2) is 11.8 Å². The van der Waals surface area contributed by atoms with E-state index in [0.717, 1.165) is 16.7 Å². The highest BCUT2D eigenvalue weighted by Crippen LogP contribution is 2.57. The molecular formula is C24H18Cl2N2O2. The van der Waals surface area contributed by atoms with Crippen molar-refractivity contribution >= 4 is 40.7 Å². The molecule has 2 aliphatic heterocycles. The van der Waals surface area contributed by atoms with Crippen molar-refractivity contribution in [2.75, 3.05) is 5.32 Å². The molecule has 4 nitrogen and oxygen atoms in total. The Balaban J connectivity index is 1.81. The normalized spacial score (nSPS) is 25.0. The van der Waals surface area contributed by atoms with Crippen molar-refractivity contribution in [1.82, 2.24) is 5.32 Å². The van der Waals surface area contributed by atoms with Gasteiger partial charge in [-0.1, -0.05) is 71.7 Å². The second kappa shape index (κ2) is 7.15. The molecule has 0 saturated carbocycles. The number of benzene rings is 3. The summed E-state index contributed by atoms with van der Waals surface area (Å²) < 4.78 is 0. The first-order chi connectivity index (χ1) is 14.5. The summed E-state index contributed by atoms with van der Waals surface area (Å²) in [6.07, 6.45) is 0.180. The molecular weight excluding hydrogens is 419 g/mol. The number of amides is 2. The summed E-state index contributed by atoms with van der Waals surface area (Å²) >= 11 is 12.5. The Morgan fingerprint density at radius 1 is 0.833 bits per heavy atom. The smallest absolute Gasteiger partial charge is 0.238 e. The molecule has 2 N–H and O–H groups in total. The van der Waals surface area contributed by atoms with Crippen molar-refractivity contribution in [2.45, 2.75) is 23.8 Å². The lowest BCUT2D eigenvalue weighted by molar-refractivity contribution is -0.131. The third kappa shape index (κ3) is 2.83. The fourth-order valence-corrected chi connectivity index (χ4v) is 5.31. The van der Waals surface area contributed by atoms with E-state index < -0.39 is 17.4 Å². The van der Waals surface area contributed by atoms with Crippen molar-refractivity contribution < 1.29 is 9.59 Å². The Labute approximate surface area is 184 Å². The third-order valence-corrected chi connectivity index (χ3v) is 6.61. The number of carbonyl (C=O) groups excluding carboxylic acids is 2. The quantitative estimate of drug-likeness (QED) is 0.577. The fraction of sp³-hybridized carbons (Fsp3) is 0.167. The van der Waals surface area contributed by atoms with E-state index in [1.54, 1.807) is 18.2 Å². The van der Waals surface area contributed by atoms with Crippen molar-refractivity contribution in [3.8, 4) is 0 Å². The minimum Gasteiger partial charge on any atom is -0.348 e. The molecule has 2 amide bonds. The van der Waals surface area contributed by atoms with Crippen LogP contribution in [-0.2, 0) is 15.0 Å². The van der Waals surface area contributed by atoms with E-state index in [-0.39, 0.29) is 18.2 Å². The lowest BCUT2D eigenvalue weighted by Gasteiger charge is -2.46. The van der Waals surface area contributed by atoms with Gasteiger partial charge in [-0.3, -0.25) is 9.59 Å². The first-order valence-electron chi connectivity index (χ1n) is 9.71. The van der Waals surface area contributed by atoms with Gasteiger partial charge in [0.05, 0.1) is 6.04 Å². The van der Waals surface area contributed by atoms with Crippen molar-refractivity contribution in [3.05, 3.63) is 99.5 Å². The minimum absolute atomic E-state index is 0.102. The van der Waals surface area contributed by atoms with E-state index in [0.29, 0.717) is 15.7 Å².